The third-order valence-corrected chi connectivity index (χ3v) is 24.6. The summed E-state index contributed by atoms with van der Waals surface area (Å²) in [5.41, 5.74) is -1.62. The Morgan fingerprint density at radius 3 is 1.47 bits per heavy atom. The van der Waals surface area contributed by atoms with Crippen LogP contribution < -0.4 is 22.5 Å². The van der Waals surface area contributed by atoms with E-state index in [1.807, 2.05) is 0 Å². The lowest BCUT2D eigenvalue weighted by Crippen LogP contribution is -2.44. The van der Waals surface area contributed by atoms with Crippen LogP contribution in [0.1, 0.15) is 78.0 Å². The Bertz CT molecular complexity index is 1910. The average Bonchev–Trinajstić information content (AvgIpc) is 3.59. The number of ether oxygens (including phenoxy) is 2. The molecule has 2 fully saturated rings. The maximum atomic E-state index is 14.2. The second-order valence-electron chi connectivity index (χ2n) is 17.7. The van der Waals surface area contributed by atoms with E-state index in [-0.39, 0.29) is 36.1 Å². The summed E-state index contributed by atoms with van der Waals surface area (Å²) in [6.45, 7) is 24.0. The first kappa shape index (κ1) is 46.1. The fourth-order valence-corrected chi connectivity index (χ4v) is 13.0. The number of aromatic amines is 2. The molecule has 2 aliphatic rings. The average molecular weight is 867 g/mol. The van der Waals surface area contributed by atoms with Gasteiger partial charge in [0.1, 0.15) is 24.7 Å². The van der Waals surface area contributed by atoms with E-state index in [4.69, 9.17) is 43.5 Å². The normalized spacial score (nSPS) is 26.2. The van der Waals surface area contributed by atoms with Crippen LogP contribution in [0.3, 0.4) is 0 Å². The number of hydrogen-bond donors (Lipinski definition) is 2. The molecule has 8 atom stereocenters. The number of hydrogen-bond acceptors (Lipinski definition) is 13. The summed E-state index contributed by atoms with van der Waals surface area (Å²) < 4.78 is 61.2. The first-order chi connectivity index (χ1) is 24.9. The van der Waals surface area contributed by atoms with Crippen LogP contribution in [0, 0.1) is 13.8 Å². The second kappa shape index (κ2) is 16.6. The van der Waals surface area contributed by atoms with Gasteiger partial charge in [-0.3, -0.25) is 37.6 Å². The number of aromatic nitrogens is 4. The van der Waals surface area contributed by atoms with Crippen LogP contribution >= 0.6 is 14.1 Å². The molecule has 16 nitrogen and oxygen atoms in total. The lowest BCUT2D eigenvalue weighted by atomic mass is 10.2. The number of aryl methyl sites for hydroxylation is 2. The molecule has 2 N–H and O–H groups in total. The maximum Gasteiger partial charge on any atom is 0.333 e. The molecule has 0 bridgehead atoms. The Labute approximate surface area is 329 Å². The van der Waals surface area contributed by atoms with Crippen molar-refractivity contribution in [1.29, 1.82) is 0 Å². The molecule has 21 heteroatoms. The third kappa shape index (κ3) is 11.3. The quantitative estimate of drug-likeness (QED) is 0.170. The van der Waals surface area contributed by atoms with Crippen LogP contribution in [0.25, 0.3) is 0 Å². The molecule has 312 valence electrons. The third-order valence-electron chi connectivity index (χ3n) is 11.1. The van der Waals surface area contributed by atoms with E-state index in [1.54, 1.807) is 20.5 Å². The van der Waals surface area contributed by atoms with Gasteiger partial charge in [0.25, 0.3) is 11.1 Å². The molecule has 0 radical (unpaired) electrons. The van der Waals surface area contributed by atoms with Gasteiger partial charge in [0.2, 0.25) is 0 Å². The first-order valence-electron chi connectivity index (χ1n) is 18.4. The first-order valence-corrected chi connectivity index (χ1v) is 29.3. The molecule has 0 amide bonds. The van der Waals surface area contributed by atoms with Gasteiger partial charge in [-0.15, -0.1) is 0 Å². The molecule has 55 heavy (non-hydrogen) atoms. The van der Waals surface area contributed by atoms with Crippen molar-refractivity contribution in [2.24, 2.45) is 0 Å². The molecular formula is C34H60N4O12P2SSi2. The molecule has 0 aromatic carbocycles. The summed E-state index contributed by atoms with van der Waals surface area (Å²) in [6.07, 6.45) is -1.53. The summed E-state index contributed by atoms with van der Waals surface area (Å²) in [5.74, 6) is 0. The Balaban J connectivity index is 1.57. The lowest BCUT2D eigenvalue weighted by molar-refractivity contribution is -0.0413. The highest BCUT2D eigenvalue weighted by Crippen LogP contribution is 2.64. The van der Waals surface area contributed by atoms with Crippen molar-refractivity contribution in [3.63, 3.8) is 0 Å². The van der Waals surface area contributed by atoms with E-state index in [9.17, 15) is 23.7 Å². The zero-order valence-electron chi connectivity index (χ0n) is 34.5. The van der Waals surface area contributed by atoms with Crippen molar-refractivity contribution >= 4 is 42.5 Å². The molecule has 4 rings (SSSR count). The van der Waals surface area contributed by atoms with Gasteiger partial charge >= 0.3 is 19.0 Å². The van der Waals surface area contributed by atoms with Crippen LogP contribution in [0.15, 0.2) is 31.6 Å². The summed E-state index contributed by atoms with van der Waals surface area (Å²) in [7, 11) is -8.50. The van der Waals surface area contributed by atoms with E-state index < -0.39 is 90.1 Å². The Morgan fingerprint density at radius 2 is 1.11 bits per heavy atom. The standard InChI is InChI=1S/C34H60N4O12P2SSi2/c1-21-17-37(31(41)35-29(21)39)27-15-23(25(46-27)19-44-54(11,12)33(3,4)5)48-51(9,43)50-52(10,53)49-24-16-28(38-18-22(2)30(40)36-32(38)42)47-26(24)20-45-55(13,14)34(6,7)8/h17-18,23-28H,15-16,19-20H2,1-14H3,(H,35,39,41)(H,36,40,42)/t23-,24-,25+,26+,27+,28+,51?,52?/m0/s1. The van der Waals surface area contributed by atoms with Gasteiger partial charge in [0, 0.05) is 49.7 Å². The highest BCUT2D eigenvalue weighted by Gasteiger charge is 2.47. The minimum Gasteiger partial charge on any atom is -0.414 e. The van der Waals surface area contributed by atoms with Crippen LogP contribution in [0.4, 0.5) is 0 Å². The van der Waals surface area contributed by atoms with Gasteiger partial charge in [-0.05, 0) is 61.9 Å². The van der Waals surface area contributed by atoms with E-state index >= 15 is 0 Å². The van der Waals surface area contributed by atoms with E-state index in [0.717, 1.165) is 0 Å². The van der Waals surface area contributed by atoms with Crippen molar-refractivity contribution in [1.82, 2.24) is 19.1 Å². The van der Waals surface area contributed by atoms with Crippen molar-refractivity contribution in [3.8, 4) is 0 Å². The summed E-state index contributed by atoms with van der Waals surface area (Å²) in [4.78, 5) is 54.5. The van der Waals surface area contributed by atoms with Gasteiger partial charge in [-0.25, -0.2) is 9.59 Å². The van der Waals surface area contributed by atoms with Gasteiger partial charge in [0.05, 0.1) is 25.4 Å². The van der Waals surface area contributed by atoms with Crippen LogP contribution in [-0.2, 0) is 48.1 Å². The number of nitrogens with one attached hydrogen (secondary N) is 2. The topological polar surface area (TPSA) is 191 Å². The number of nitrogens with zero attached hydrogens (tertiary/aromatic N) is 2. The monoisotopic (exact) mass is 866 g/mol. The molecule has 2 unspecified atom stereocenters. The summed E-state index contributed by atoms with van der Waals surface area (Å²) in [6, 6.07) is 0. The maximum absolute atomic E-state index is 14.2. The van der Waals surface area contributed by atoms with Crippen LogP contribution in [0.5, 0.6) is 0 Å². The van der Waals surface area contributed by atoms with E-state index in [1.165, 1.54) is 28.2 Å². The predicted octanol–water partition coefficient (Wildman–Crippen LogP) is 5.87. The molecule has 0 aliphatic carbocycles. The minimum atomic E-state index is -3.99. The van der Waals surface area contributed by atoms with Crippen molar-refractivity contribution in [2.75, 3.05) is 26.5 Å². The van der Waals surface area contributed by atoms with Gasteiger partial charge in [0.15, 0.2) is 23.1 Å². The van der Waals surface area contributed by atoms with Crippen molar-refractivity contribution in [3.05, 3.63) is 65.2 Å². The van der Waals surface area contributed by atoms with E-state index in [0.29, 0.717) is 11.1 Å². The SMILES string of the molecule is Cc1cn([C@H]2C[C@H](OP(C)(=O)OP(C)(=S)O[C@H]3C[C@H](n4cc(C)c(=O)[nH]c4=O)O[C@@H]3CO[Si](C)(C)C(C)(C)C)[C@@H](CO[Si](C)(C)C(C)(C)C)O2)c(=O)[nH]c1=O. The van der Waals surface area contributed by atoms with Crippen molar-refractivity contribution < 1.29 is 36.2 Å². The molecule has 2 saturated heterocycles. The fourth-order valence-electron chi connectivity index (χ4n) is 5.68. The summed E-state index contributed by atoms with van der Waals surface area (Å²) >= 11 is 5.85. The molecule has 4 heterocycles. The number of rotatable bonds is 14. The van der Waals surface area contributed by atoms with Crippen LogP contribution in [-0.4, -0.2) is 86.7 Å². The zero-order valence-corrected chi connectivity index (χ0v) is 39.1. The molecular weight excluding hydrogens is 807 g/mol. The Hall–Kier alpha value is -1.61. The highest BCUT2D eigenvalue weighted by atomic mass is 32.5. The largest absolute Gasteiger partial charge is 0.414 e. The van der Waals surface area contributed by atoms with E-state index in [2.05, 4.69) is 77.7 Å². The zero-order chi connectivity index (χ0) is 41.7. The minimum absolute atomic E-state index is 0.0932. The van der Waals surface area contributed by atoms with Gasteiger partial charge in [-0.2, -0.15) is 0 Å². The fraction of sp³-hybridized carbons (Fsp3) is 0.765. The summed E-state index contributed by atoms with van der Waals surface area (Å²) in [5, 5.41) is -0.200. The molecule has 0 spiro atoms. The lowest BCUT2D eigenvalue weighted by Gasteiger charge is -2.37. The molecule has 0 saturated carbocycles. The highest BCUT2D eigenvalue weighted by molar-refractivity contribution is 8.11. The molecule has 2 aromatic rings. The van der Waals surface area contributed by atoms with Crippen molar-refractivity contribution in [2.45, 2.75) is 141 Å². The van der Waals surface area contributed by atoms with Gasteiger partial charge < -0.3 is 27.4 Å². The Morgan fingerprint density at radius 1 is 0.745 bits per heavy atom. The predicted molar refractivity (Wildman–Crippen MR) is 220 cm³/mol. The second-order valence-corrected chi connectivity index (χ2v) is 33.5. The Kier molecular flexibility index (Phi) is 13.9. The number of H-pyrrole nitrogens is 2. The molecule has 2 aliphatic heterocycles. The smallest absolute Gasteiger partial charge is 0.333 e. The van der Waals surface area contributed by atoms with Gasteiger partial charge in [-0.1, -0.05) is 41.5 Å². The molecule has 2 aromatic heterocycles. The van der Waals surface area contributed by atoms with Crippen LogP contribution in [0.2, 0.25) is 36.3 Å².